The molecule has 0 fully saturated rings. The zero-order valence-corrected chi connectivity index (χ0v) is 8.29. The predicted octanol–water partition coefficient (Wildman–Crippen LogP) is 2.95. The standard InChI is InChI=1S/C12H12NO/c1-8-9(2)11(13)6-5-10(8)12-4-3-7-14-12/h3-5,7H,13H2,1-2H3. The zero-order valence-electron chi connectivity index (χ0n) is 8.29. The van der Waals surface area contributed by atoms with Gasteiger partial charge < -0.3 is 10.2 Å². The molecule has 2 nitrogen and oxygen atoms in total. The summed E-state index contributed by atoms with van der Waals surface area (Å²) < 4.78 is 5.33. The first-order chi connectivity index (χ1) is 6.70. The van der Waals surface area contributed by atoms with Gasteiger partial charge in [0.05, 0.1) is 6.26 Å². The van der Waals surface area contributed by atoms with Crippen LogP contribution in [-0.4, -0.2) is 0 Å². The Morgan fingerprint density at radius 3 is 2.71 bits per heavy atom. The number of furan rings is 1. The summed E-state index contributed by atoms with van der Waals surface area (Å²) in [6.07, 6.45) is 1.67. The van der Waals surface area contributed by atoms with Crippen molar-refractivity contribution in [2.45, 2.75) is 13.8 Å². The lowest BCUT2D eigenvalue weighted by molar-refractivity contribution is 0.582. The monoisotopic (exact) mass is 186 g/mol. The van der Waals surface area contributed by atoms with Crippen LogP contribution in [0.2, 0.25) is 0 Å². The summed E-state index contributed by atoms with van der Waals surface area (Å²) >= 11 is 0. The number of nitrogens with two attached hydrogens (primary N) is 1. The number of hydrogen-bond acceptors (Lipinski definition) is 2. The van der Waals surface area contributed by atoms with Gasteiger partial charge in [0.25, 0.3) is 0 Å². The third-order valence-corrected chi connectivity index (χ3v) is 2.53. The molecule has 0 atom stereocenters. The minimum Gasteiger partial charge on any atom is -0.464 e. The van der Waals surface area contributed by atoms with Crippen molar-refractivity contribution in [3.63, 3.8) is 0 Å². The molecular weight excluding hydrogens is 174 g/mol. The maximum atomic E-state index is 5.76. The van der Waals surface area contributed by atoms with E-state index in [0.717, 1.165) is 22.5 Å². The van der Waals surface area contributed by atoms with Crippen molar-refractivity contribution >= 4 is 5.69 Å². The van der Waals surface area contributed by atoms with Crippen LogP contribution >= 0.6 is 0 Å². The first kappa shape index (κ1) is 8.88. The van der Waals surface area contributed by atoms with Gasteiger partial charge in [-0.2, -0.15) is 0 Å². The molecule has 2 N–H and O–H groups in total. The van der Waals surface area contributed by atoms with E-state index in [1.807, 2.05) is 32.0 Å². The van der Waals surface area contributed by atoms with Crippen LogP contribution in [0.25, 0.3) is 11.3 Å². The van der Waals surface area contributed by atoms with Gasteiger partial charge in [0, 0.05) is 17.3 Å². The van der Waals surface area contributed by atoms with E-state index in [4.69, 9.17) is 10.2 Å². The van der Waals surface area contributed by atoms with Crippen LogP contribution in [0.15, 0.2) is 28.9 Å². The summed E-state index contributed by atoms with van der Waals surface area (Å²) in [6, 6.07) is 8.70. The number of anilines is 1. The fraction of sp³-hybridized carbons (Fsp3) is 0.167. The minimum atomic E-state index is 0.706. The Morgan fingerprint density at radius 2 is 2.07 bits per heavy atom. The van der Waals surface area contributed by atoms with Crippen LogP contribution in [0.1, 0.15) is 11.1 Å². The summed E-state index contributed by atoms with van der Waals surface area (Å²) in [5.41, 5.74) is 9.74. The van der Waals surface area contributed by atoms with Crippen molar-refractivity contribution in [3.8, 4) is 11.3 Å². The van der Waals surface area contributed by atoms with E-state index in [2.05, 4.69) is 6.07 Å². The van der Waals surface area contributed by atoms with Crippen LogP contribution in [0, 0.1) is 19.9 Å². The summed E-state index contributed by atoms with van der Waals surface area (Å²) in [5.74, 6) is 0.863. The normalized spacial score (nSPS) is 10.4. The molecule has 1 radical (unpaired) electrons. The van der Waals surface area contributed by atoms with Crippen molar-refractivity contribution in [1.29, 1.82) is 0 Å². The first-order valence-electron chi connectivity index (χ1n) is 4.51. The second kappa shape index (κ2) is 3.22. The molecule has 71 valence electrons. The molecule has 1 aromatic carbocycles. The zero-order chi connectivity index (χ0) is 10.1. The van der Waals surface area contributed by atoms with Gasteiger partial charge >= 0.3 is 0 Å². The third-order valence-electron chi connectivity index (χ3n) is 2.53. The Labute approximate surface area is 83.4 Å². The van der Waals surface area contributed by atoms with Crippen molar-refractivity contribution in [3.05, 3.63) is 41.7 Å². The molecule has 14 heavy (non-hydrogen) atoms. The van der Waals surface area contributed by atoms with Gasteiger partial charge in [-0.25, -0.2) is 0 Å². The second-order valence-corrected chi connectivity index (χ2v) is 3.34. The molecule has 0 unspecified atom stereocenters. The lowest BCUT2D eigenvalue weighted by atomic mass is 10.0. The smallest absolute Gasteiger partial charge is 0.134 e. The maximum absolute atomic E-state index is 5.76. The molecule has 2 aromatic rings. The lowest BCUT2D eigenvalue weighted by Gasteiger charge is -2.08. The third kappa shape index (κ3) is 1.29. The van der Waals surface area contributed by atoms with Crippen LogP contribution in [0.5, 0.6) is 0 Å². The number of benzene rings is 1. The van der Waals surface area contributed by atoms with E-state index >= 15 is 0 Å². The molecule has 0 amide bonds. The largest absolute Gasteiger partial charge is 0.464 e. The highest BCUT2D eigenvalue weighted by Crippen LogP contribution is 2.28. The van der Waals surface area contributed by atoms with E-state index in [-0.39, 0.29) is 0 Å². The van der Waals surface area contributed by atoms with E-state index in [0.29, 0.717) is 5.69 Å². The van der Waals surface area contributed by atoms with Gasteiger partial charge in [0.1, 0.15) is 5.76 Å². The molecule has 2 rings (SSSR count). The maximum Gasteiger partial charge on any atom is 0.134 e. The first-order valence-corrected chi connectivity index (χ1v) is 4.51. The molecule has 0 aliphatic rings. The molecule has 1 heterocycles. The summed E-state index contributed by atoms with van der Waals surface area (Å²) in [7, 11) is 0. The fourth-order valence-corrected chi connectivity index (χ4v) is 1.46. The van der Waals surface area contributed by atoms with Crippen LogP contribution in [0.4, 0.5) is 5.69 Å². The number of hydrogen-bond donors (Lipinski definition) is 1. The van der Waals surface area contributed by atoms with Gasteiger partial charge in [0.15, 0.2) is 0 Å². The van der Waals surface area contributed by atoms with Gasteiger partial charge in [-0.05, 0) is 43.2 Å². The number of rotatable bonds is 1. The van der Waals surface area contributed by atoms with E-state index < -0.39 is 0 Å². The van der Waals surface area contributed by atoms with Crippen molar-refractivity contribution in [2.75, 3.05) is 5.73 Å². The van der Waals surface area contributed by atoms with Crippen molar-refractivity contribution < 1.29 is 4.42 Å². The Hall–Kier alpha value is -1.70. The van der Waals surface area contributed by atoms with E-state index in [1.165, 1.54) is 0 Å². The highest BCUT2D eigenvalue weighted by molar-refractivity contribution is 5.68. The van der Waals surface area contributed by atoms with Crippen LogP contribution < -0.4 is 5.73 Å². The number of nitrogen functional groups attached to an aromatic ring is 1. The lowest BCUT2D eigenvalue weighted by Crippen LogP contribution is -1.94. The molecule has 0 spiro atoms. The summed E-state index contributed by atoms with van der Waals surface area (Å²) in [4.78, 5) is 0. The van der Waals surface area contributed by atoms with Crippen LogP contribution in [-0.2, 0) is 0 Å². The Balaban J connectivity index is 2.61. The highest BCUT2D eigenvalue weighted by atomic mass is 16.3. The van der Waals surface area contributed by atoms with E-state index in [1.54, 1.807) is 6.26 Å². The molecule has 0 bridgehead atoms. The highest BCUT2D eigenvalue weighted by Gasteiger charge is 2.08. The molecule has 0 saturated heterocycles. The molecule has 2 heteroatoms. The molecule has 0 saturated carbocycles. The Morgan fingerprint density at radius 1 is 1.29 bits per heavy atom. The van der Waals surface area contributed by atoms with Crippen molar-refractivity contribution in [1.82, 2.24) is 0 Å². The molecule has 0 aliphatic heterocycles. The van der Waals surface area contributed by atoms with Gasteiger partial charge in [0.2, 0.25) is 0 Å². The average molecular weight is 186 g/mol. The molecule has 1 aromatic heterocycles. The second-order valence-electron chi connectivity index (χ2n) is 3.34. The van der Waals surface area contributed by atoms with Gasteiger partial charge in [-0.15, -0.1) is 0 Å². The summed E-state index contributed by atoms with van der Waals surface area (Å²) in [6.45, 7) is 4.03. The summed E-state index contributed by atoms with van der Waals surface area (Å²) in [5, 5.41) is 0. The SMILES string of the molecule is Cc1c(N)[c]cc(-c2ccco2)c1C. The fourth-order valence-electron chi connectivity index (χ4n) is 1.46. The molecular formula is C12H12NO. The van der Waals surface area contributed by atoms with Crippen LogP contribution in [0.3, 0.4) is 0 Å². The quantitative estimate of drug-likeness (QED) is 0.695. The topological polar surface area (TPSA) is 39.2 Å². The Kier molecular flexibility index (Phi) is 2.04. The average Bonchev–Trinajstić information content (AvgIpc) is 2.67. The minimum absolute atomic E-state index is 0.706. The predicted molar refractivity (Wildman–Crippen MR) is 56.9 cm³/mol. The van der Waals surface area contributed by atoms with Gasteiger partial charge in [-0.3, -0.25) is 0 Å². The van der Waals surface area contributed by atoms with E-state index in [9.17, 15) is 0 Å². The van der Waals surface area contributed by atoms with Gasteiger partial charge in [-0.1, -0.05) is 0 Å². The molecule has 0 aliphatic carbocycles. The van der Waals surface area contributed by atoms with Crippen molar-refractivity contribution in [2.24, 2.45) is 0 Å². The Bertz CT molecular complexity index is 444.